The van der Waals surface area contributed by atoms with Gasteiger partial charge in [0.2, 0.25) is 0 Å². The number of hydrogen-bond acceptors (Lipinski definition) is 1. The van der Waals surface area contributed by atoms with Gasteiger partial charge in [0, 0.05) is 10.0 Å². The fourth-order valence-electron chi connectivity index (χ4n) is 1.79. The molecule has 1 fully saturated rings. The number of halogens is 1. The van der Waals surface area contributed by atoms with E-state index in [-0.39, 0.29) is 5.54 Å². The van der Waals surface area contributed by atoms with Crippen LogP contribution in [0.25, 0.3) is 0 Å². The van der Waals surface area contributed by atoms with Gasteiger partial charge in [-0.1, -0.05) is 28.1 Å². The molecule has 1 aliphatic carbocycles. The molecule has 1 nitrogen and oxygen atoms in total. The second kappa shape index (κ2) is 3.10. The summed E-state index contributed by atoms with van der Waals surface area (Å²) in [6, 6.07) is 6.59. The van der Waals surface area contributed by atoms with Crippen molar-refractivity contribution in [2.75, 3.05) is 7.05 Å². The molecule has 13 heavy (non-hydrogen) atoms. The van der Waals surface area contributed by atoms with Gasteiger partial charge in [-0.2, -0.15) is 0 Å². The van der Waals surface area contributed by atoms with E-state index in [0.29, 0.717) is 0 Å². The van der Waals surface area contributed by atoms with Crippen LogP contribution in [0.3, 0.4) is 0 Å². The van der Waals surface area contributed by atoms with Crippen molar-refractivity contribution in [1.29, 1.82) is 0 Å². The summed E-state index contributed by atoms with van der Waals surface area (Å²) in [7, 11) is 2.04. The Labute approximate surface area is 87.7 Å². The molecular weight excluding hydrogens is 226 g/mol. The van der Waals surface area contributed by atoms with E-state index in [2.05, 4.69) is 46.4 Å². The molecule has 0 unspecified atom stereocenters. The van der Waals surface area contributed by atoms with Gasteiger partial charge in [0.25, 0.3) is 0 Å². The lowest BCUT2D eigenvalue weighted by molar-refractivity contribution is 0.583. The minimum Gasteiger partial charge on any atom is -0.310 e. The third kappa shape index (κ3) is 1.53. The van der Waals surface area contributed by atoms with Crippen LogP contribution in [-0.4, -0.2) is 7.05 Å². The van der Waals surface area contributed by atoms with Crippen LogP contribution in [0, 0.1) is 6.92 Å². The molecule has 0 saturated heterocycles. The normalized spacial score (nSPS) is 18.7. The van der Waals surface area contributed by atoms with Gasteiger partial charge in [-0.3, -0.25) is 0 Å². The summed E-state index contributed by atoms with van der Waals surface area (Å²) >= 11 is 3.62. The van der Waals surface area contributed by atoms with E-state index in [1.165, 1.54) is 28.4 Å². The average molecular weight is 240 g/mol. The average Bonchev–Trinajstić information content (AvgIpc) is 2.85. The molecule has 1 N–H and O–H groups in total. The number of aryl methyl sites for hydroxylation is 1. The van der Waals surface area contributed by atoms with Crippen molar-refractivity contribution in [1.82, 2.24) is 5.32 Å². The van der Waals surface area contributed by atoms with Gasteiger partial charge in [0.05, 0.1) is 0 Å². The Hall–Kier alpha value is -0.340. The number of benzene rings is 1. The molecule has 1 aromatic carbocycles. The third-order valence-electron chi connectivity index (χ3n) is 2.87. The van der Waals surface area contributed by atoms with E-state index in [1.807, 2.05) is 7.05 Å². The quantitative estimate of drug-likeness (QED) is 0.837. The molecule has 0 atom stereocenters. The second-order valence-electron chi connectivity index (χ2n) is 3.82. The highest BCUT2D eigenvalue weighted by Gasteiger charge is 2.43. The summed E-state index contributed by atoms with van der Waals surface area (Å²) in [5.74, 6) is 0. The van der Waals surface area contributed by atoms with Crippen LogP contribution < -0.4 is 5.32 Å². The Morgan fingerprint density at radius 1 is 1.38 bits per heavy atom. The molecule has 1 saturated carbocycles. The standard InChI is InChI=1S/C11H14BrN/c1-8-3-4-9(10(12)7-8)11(13-2)5-6-11/h3-4,7,13H,5-6H2,1-2H3. The van der Waals surface area contributed by atoms with Crippen molar-refractivity contribution in [3.8, 4) is 0 Å². The summed E-state index contributed by atoms with van der Waals surface area (Å²) in [5, 5.41) is 3.40. The molecule has 2 rings (SSSR count). The van der Waals surface area contributed by atoms with Crippen LogP contribution in [0.5, 0.6) is 0 Å². The van der Waals surface area contributed by atoms with Crippen LogP contribution in [0.15, 0.2) is 22.7 Å². The van der Waals surface area contributed by atoms with E-state index in [1.54, 1.807) is 0 Å². The maximum atomic E-state index is 3.62. The molecular formula is C11H14BrN. The molecule has 1 aliphatic rings. The maximum absolute atomic E-state index is 3.62. The monoisotopic (exact) mass is 239 g/mol. The van der Waals surface area contributed by atoms with Crippen LogP contribution >= 0.6 is 15.9 Å². The van der Waals surface area contributed by atoms with E-state index >= 15 is 0 Å². The van der Waals surface area contributed by atoms with Crippen LogP contribution in [-0.2, 0) is 5.54 Å². The van der Waals surface area contributed by atoms with Gasteiger partial charge in [0.1, 0.15) is 0 Å². The molecule has 0 radical (unpaired) electrons. The predicted molar refractivity (Wildman–Crippen MR) is 58.9 cm³/mol. The maximum Gasteiger partial charge on any atom is 0.0445 e. The second-order valence-corrected chi connectivity index (χ2v) is 4.67. The highest BCUT2D eigenvalue weighted by atomic mass is 79.9. The molecule has 0 bridgehead atoms. The Bertz CT molecular complexity index is 329. The molecule has 0 aliphatic heterocycles. The predicted octanol–water partition coefficient (Wildman–Crippen LogP) is 2.97. The topological polar surface area (TPSA) is 12.0 Å². The summed E-state index contributed by atoms with van der Waals surface area (Å²) in [5.41, 5.74) is 2.98. The molecule has 0 aromatic heterocycles. The first-order chi connectivity index (χ1) is 6.18. The van der Waals surface area contributed by atoms with E-state index in [0.717, 1.165) is 0 Å². The summed E-state index contributed by atoms with van der Waals surface area (Å²) < 4.78 is 1.24. The minimum absolute atomic E-state index is 0.270. The van der Waals surface area contributed by atoms with E-state index in [4.69, 9.17) is 0 Å². The SMILES string of the molecule is CNC1(c2ccc(C)cc2Br)CC1. The smallest absolute Gasteiger partial charge is 0.0445 e. The van der Waals surface area contributed by atoms with Gasteiger partial charge in [-0.05, 0) is 44.0 Å². The zero-order valence-electron chi connectivity index (χ0n) is 8.02. The lowest BCUT2D eigenvalue weighted by Gasteiger charge is -2.16. The van der Waals surface area contributed by atoms with E-state index < -0.39 is 0 Å². The Kier molecular flexibility index (Phi) is 2.20. The van der Waals surface area contributed by atoms with Crippen molar-refractivity contribution in [3.05, 3.63) is 33.8 Å². The van der Waals surface area contributed by atoms with Gasteiger partial charge in [-0.15, -0.1) is 0 Å². The van der Waals surface area contributed by atoms with Crippen LogP contribution in [0.4, 0.5) is 0 Å². The van der Waals surface area contributed by atoms with E-state index in [9.17, 15) is 0 Å². The number of nitrogens with one attached hydrogen (secondary N) is 1. The summed E-state index contributed by atoms with van der Waals surface area (Å²) in [6.07, 6.45) is 2.51. The fraction of sp³-hybridized carbons (Fsp3) is 0.455. The van der Waals surface area contributed by atoms with Gasteiger partial charge in [-0.25, -0.2) is 0 Å². The Morgan fingerprint density at radius 2 is 2.08 bits per heavy atom. The summed E-state index contributed by atoms with van der Waals surface area (Å²) in [6.45, 7) is 2.12. The molecule has 0 heterocycles. The molecule has 0 amide bonds. The minimum atomic E-state index is 0.270. The lowest BCUT2D eigenvalue weighted by Crippen LogP contribution is -2.24. The number of hydrogen-bond donors (Lipinski definition) is 1. The van der Waals surface area contributed by atoms with Crippen LogP contribution in [0.2, 0.25) is 0 Å². The molecule has 0 spiro atoms. The first-order valence-corrected chi connectivity index (χ1v) is 5.43. The first-order valence-electron chi connectivity index (χ1n) is 4.63. The molecule has 70 valence electrons. The first kappa shape index (κ1) is 9.22. The number of rotatable bonds is 2. The molecule has 2 heteroatoms. The van der Waals surface area contributed by atoms with Crippen molar-refractivity contribution in [2.24, 2.45) is 0 Å². The van der Waals surface area contributed by atoms with Crippen LogP contribution in [0.1, 0.15) is 24.0 Å². The fourth-order valence-corrected chi connectivity index (χ4v) is 2.66. The largest absolute Gasteiger partial charge is 0.310 e. The van der Waals surface area contributed by atoms with Crippen molar-refractivity contribution in [3.63, 3.8) is 0 Å². The Balaban J connectivity index is 2.41. The Morgan fingerprint density at radius 3 is 2.54 bits per heavy atom. The highest BCUT2D eigenvalue weighted by molar-refractivity contribution is 9.10. The van der Waals surface area contributed by atoms with Crippen molar-refractivity contribution in [2.45, 2.75) is 25.3 Å². The lowest BCUT2D eigenvalue weighted by atomic mass is 10.0. The van der Waals surface area contributed by atoms with Gasteiger partial charge >= 0.3 is 0 Å². The van der Waals surface area contributed by atoms with Crippen molar-refractivity contribution < 1.29 is 0 Å². The van der Waals surface area contributed by atoms with Gasteiger partial charge < -0.3 is 5.32 Å². The third-order valence-corrected chi connectivity index (χ3v) is 3.52. The zero-order valence-corrected chi connectivity index (χ0v) is 9.61. The zero-order chi connectivity index (χ0) is 9.47. The summed E-state index contributed by atoms with van der Waals surface area (Å²) in [4.78, 5) is 0. The highest BCUT2D eigenvalue weighted by Crippen LogP contribution is 2.47. The van der Waals surface area contributed by atoms with Gasteiger partial charge in [0.15, 0.2) is 0 Å². The van der Waals surface area contributed by atoms with Crippen molar-refractivity contribution >= 4 is 15.9 Å². The molecule has 1 aromatic rings.